The highest BCUT2D eigenvalue weighted by Crippen LogP contribution is 2.11. The van der Waals surface area contributed by atoms with Gasteiger partial charge in [0.25, 0.3) is 0 Å². The lowest BCUT2D eigenvalue weighted by molar-refractivity contribution is 0.216. The molecule has 2 nitrogen and oxygen atoms in total. The molecule has 2 heteroatoms. The lowest BCUT2D eigenvalue weighted by Gasteiger charge is -2.27. The van der Waals surface area contributed by atoms with Crippen LogP contribution in [0.1, 0.15) is 31.7 Å². The number of likely N-dealkylation sites (N-methyl/N-ethyl adjacent to an activating group) is 1. The molecule has 1 aromatic carbocycles. The molecule has 0 aliphatic rings. The minimum Gasteiger partial charge on any atom is -0.396 e. The second kappa shape index (κ2) is 8.26. The lowest BCUT2D eigenvalue weighted by atomic mass is 10.0. The van der Waals surface area contributed by atoms with Crippen LogP contribution in [0.15, 0.2) is 30.3 Å². The average molecular weight is 235 g/mol. The van der Waals surface area contributed by atoms with Crippen LogP contribution in [0, 0.1) is 0 Å². The third-order valence-electron chi connectivity index (χ3n) is 3.33. The Morgan fingerprint density at radius 2 is 1.88 bits per heavy atom. The number of benzene rings is 1. The highest BCUT2D eigenvalue weighted by Gasteiger charge is 2.12. The standard InChI is InChI=1S/C15H25NO/c1-3-15(16(2)11-7-8-12-17)13-14-9-5-4-6-10-14/h4-6,9-10,15,17H,3,7-8,11-13H2,1-2H3. The number of rotatable bonds is 8. The van der Waals surface area contributed by atoms with E-state index >= 15 is 0 Å². The predicted molar refractivity (Wildman–Crippen MR) is 73.2 cm³/mol. The van der Waals surface area contributed by atoms with Crippen LogP contribution >= 0.6 is 0 Å². The molecular weight excluding hydrogens is 210 g/mol. The molecule has 0 spiro atoms. The zero-order chi connectivity index (χ0) is 12.5. The van der Waals surface area contributed by atoms with Gasteiger partial charge in [-0.1, -0.05) is 37.3 Å². The molecule has 1 atom stereocenters. The fourth-order valence-corrected chi connectivity index (χ4v) is 2.15. The van der Waals surface area contributed by atoms with Crippen LogP contribution in [0.25, 0.3) is 0 Å². The molecule has 1 rings (SSSR count). The molecule has 17 heavy (non-hydrogen) atoms. The van der Waals surface area contributed by atoms with Gasteiger partial charge in [0.2, 0.25) is 0 Å². The fourth-order valence-electron chi connectivity index (χ4n) is 2.15. The molecule has 0 bridgehead atoms. The zero-order valence-corrected chi connectivity index (χ0v) is 11.1. The molecule has 0 saturated carbocycles. The Labute approximate surface area is 105 Å². The summed E-state index contributed by atoms with van der Waals surface area (Å²) >= 11 is 0. The lowest BCUT2D eigenvalue weighted by Crippen LogP contribution is -2.33. The molecule has 0 radical (unpaired) electrons. The van der Waals surface area contributed by atoms with Crippen LogP contribution in [0.4, 0.5) is 0 Å². The summed E-state index contributed by atoms with van der Waals surface area (Å²) in [5.74, 6) is 0. The number of aliphatic hydroxyl groups is 1. The van der Waals surface area contributed by atoms with Crippen molar-refractivity contribution in [3.63, 3.8) is 0 Å². The summed E-state index contributed by atoms with van der Waals surface area (Å²) in [4.78, 5) is 2.42. The maximum atomic E-state index is 8.79. The zero-order valence-electron chi connectivity index (χ0n) is 11.1. The van der Waals surface area contributed by atoms with Gasteiger partial charge in [0.1, 0.15) is 0 Å². The Bertz CT molecular complexity index is 286. The summed E-state index contributed by atoms with van der Waals surface area (Å²) in [6.45, 7) is 3.63. The molecule has 1 unspecified atom stereocenters. The van der Waals surface area contributed by atoms with Crippen molar-refractivity contribution in [2.45, 2.75) is 38.6 Å². The van der Waals surface area contributed by atoms with Gasteiger partial charge in [-0.05, 0) is 44.8 Å². The van der Waals surface area contributed by atoms with Gasteiger partial charge in [-0.15, -0.1) is 0 Å². The quantitative estimate of drug-likeness (QED) is 0.700. The number of hydrogen-bond acceptors (Lipinski definition) is 2. The highest BCUT2D eigenvalue weighted by atomic mass is 16.2. The van der Waals surface area contributed by atoms with Gasteiger partial charge in [-0.2, -0.15) is 0 Å². The minimum atomic E-state index is 0.309. The van der Waals surface area contributed by atoms with E-state index in [1.165, 1.54) is 12.0 Å². The van der Waals surface area contributed by atoms with E-state index in [4.69, 9.17) is 5.11 Å². The van der Waals surface area contributed by atoms with Gasteiger partial charge < -0.3 is 10.0 Å². The van der Waals surface area contributed by atoms with Gasteiger partial charge >= 0.3 is 0 Å². The van der Waals surface area contributed by atoms with E-state index in [1.54, 1.807) is 0 Å². The number of unbranched alkanes of at least 4 members (excludes halogenated alkanes) is 1. The summed E-state index contributed by atoms with van der Waals surface area (Å²) in [5.41, 5.74) is 1.41. The first-order valence-electron chi connectivity index (χ1n) is 6.63. The van der Waals surface area contributed by atoms with Crippen molar-refractivity contribution in [2.24, 2.45) is 0 Å². The molecule has 0 aromatic heterocycles. The Kier molecular flexibility index (Phi) is 6.90. The largest absolute Gasteiger partial charge is 0.396 e. The summed E-state index contributed by atoms with van der Waals surface area (Å²) in [7, 11) is 2.19. The van der Waals surface area contributed by atoms with Crippen LogP contribution in [0.3, 0.4) is 0 Å². The molecule has 1 N–H and O–H groups in total. The number of aliphatic hydroxyl groups excluding tert-OH is 1. The van der Waals surface area contributed by atoms with Gasteiger partial charge in [0.05, 0.1) is 0 Å². The topological polar surface area (TPSA) is 23.5 Å². The number of hydrogen-bond donors (Lipinski definition) is 1. The van der Waals surface area contributed by atoms with E-state index in [0.717, 1.165) is 25.8 Å². The predicted octanol–water partition coefficient (Wildman–Crippen LogP) is 2.71. The van der Waals surface area contributed by atoms with Crippen LogP contribution in [0.2, 0.25) is 0 Å². The van der Waals surface area contributed by atoms with Gasteiger partial charge in [0, 0.05) is 12.6 Å². The summed E-state index contributed by atoms with van der Waals surface area (Å²) in [6, 6.07) is 11.3. The minimum absolute atomic E-state index is 0.309. The first-order chi connectivity index (χ1) is 8.27. The molecular formula is C15H25NO. The van der Waals surface area contributed by atoms with Crippen molar-refractivity contribution >= 4 is 0 Å². The fraction of sp³-hybridized carbons (Fsp3) is 0.600. The van der Waals surface area contributed by atoms with E-state index in [-0.39, 0.29) is 0 Å². The molecule has 0 heterocycles. The van der Waals surface area contributed by atoms with E-state index in [2.05, 4.69) is 49.2 Å². The monoisotopic (exact) mass is 235 g/mol. The van der Waals surface area contributed by atoms with Gasteiger partial charge in [-0.3, -0.25) is 0 Å². The Morgan fingerprint density at radius 1 is 1.18 bits per heavy atom. The van der Waals surface area contributed by atoms with Crippen LogP contribution in [0.5, 0.6) is 0 Å². The molecule has 96 valence electrons. The number of nitrogens with zero attached hydrogens (tertiary/aromatic N) is 1. The van der Waals surface area contributed by atoms with E-state index in [9.17, 15) is 0 Å². The average Bonchev–Trinajstić information content (AvgIpc) is 2.37. The Morgan fingerprint density at radius 3 is 2.47 bits per heavy atom. The Balaban J connectivity index is 2.42. The Hall–Kier alpha value is -0.860. The van der Waals surface area contributed by atoms with E-state index < -0.39 is 0 Å². The van der Waals surface area contributed by atoms with Crippen molar-refractivity contribution in [1.29, 1.82) is 0 Å². The molecule has 0 saturated heterocycles. The van der Waals surface area contributed by atoms with Crippen LogP contribution in [-0.4, -0.2) is 36.2 Å². The van der Waals surface area contributed by atoms with Crippen molar-refractivity contribution in [1.82, 2.24) is 4.90 Å². The summed E-state index contributed by atoms with van der Waals surface area (Å²) in [5, 5.41) is 8.79. The second-order valence-corrected chi connectivity index (χ2v) is 4.66. The van der Waals surface area contributed by atoms with Gasteiger partial charge in [0.15, 0.2) is 0 Å². The van der Waals surface area contributed by atoms with Crippen LogP contribution < -0.4 is 0 Å². The molecule has 1 aromatic rings. The third-order valence-corrected chi connectivity index (χ3v) is 3.33. The third kappa shape index (κ3) is 5.33. The van der Waals surface area contributed by atoms with E-state index in [0.29, 0.717) is 12.6 Å². The molecule has 0 aliphatic heterocycles. The maximum Gasteiger partial charge on any atom is 0.0431 e. The van der Waals surface area contributed by atoms with Crippen molar-refractivity contribution < 1.29 is 5.11 Å². The van der Waals surface area contributed by atoms with Gasteiger partial charge in [-0.25, -0.2) is 0 Å². The molecule has 0 amide bonds. The smallest absolute Gasteiger partial charge is 0.0431 e. The summed E-state index contributed by atoms with van der Waals surface area (Å²) in [6.07, 6.45) is 4.28. The van der Waals surface area contributed by atoms with Crippen molar-refractivity contribution in [3.8, 4) is 0 Å². The molecule has 0 fully saturated rings. The SMILES string of the molecule is CCC(Cc1ccccc1)N(C)CCCCO. The first-order valence-corrected chi connectivity index (χ1v) is 6.63. The molecule has 0 aliphatic carbocycles. The highest BCUT2D eigenvalue weighted by molar-refractivity contribution is 5.15. The maximum absolute atomic E-state index is 8.79. The first kappa shape index (κ1) is 14.2. The summed E-state index contributed by atoms with van der Waals surface area (Å²) < 4.78 is 0. The van der Waals surface area contributed by atoms with Crippen LogP contribution in [-0.2, 0) is 6.42 Å². The van der Waals surface area contributed by atoms with E-state index in [1.807, 2.05) is 0 Å². The van der Waals surface area contributed by atoms with Crippen molar-refractivity contribution in [3.05, 3.63) is 35.9 Å². The van der Waals surface area contributed by atoms with Crippen molar-refractivity contribution in [2.75, 3.05) is 20.2 Å². The second-order valence-electron chi connectivity index (χ2n) is 4.66. The normalized spacial score (nSPS) is 12.9.